The Hall–Kier alpha value is -2.26. The van der Waals surface area contributed by atoms with E-state index in [2.05, 4.69) is 40.8 Å². The second-order valence-electron chi connectivity index (χ2n) is 6.31. The maximum absolute atomic E-state index is 5.95. The third kappa shape index (κ3) is 4.28. The Bertz CT molecular complexity index is 892. The summed E-state index contributed by atoms with van der Waals surface area (Å²) < 4.78 is 8.26. The molecule has 0 aliphatic rings. The van der Waals surface area contributed by atoms with Gasteiger partial charge in [-0.1, -0.05) is 6.07 Å². The van der Waals surface area contributed by atoms with Crippen LogP contribution >= 0.6 is 15.9 Å². The van der Waals surface area contributed by atoms with Crippen molar-refractivity contribution in [3.05, 3.63) is 34.5 Å². The van der Waals surface area contributed by atoms with E-state index in [4.69, 9.17) is 10.5 Å². The lowest BCUT2D eigenvalue weighted by Crippen LogP contribution is -2.15. The van der Waals surface area contributed by atoms with Crippen LogP contribution in [0.2, 0.25) is 0 Å². The van der Waals surface area contributed by atoms with Gasteiger partial charge in [0, 0.05) is 18.8 Å². The zero-order valence-electron chi connectivity index (χ0n) is 15.1. The predicted molar refractivity (Wildman–Crippen MR) is 104 cm³/mol. The molecule has 0 amide bonds. The maximum Gasteiger partial charge on any atom is 0.213 e. The number of aromatic nitrogens is 5. The fourth-order valence-corrected chi connectivity index (χ4v) is 3.05. The molecule has 0 aliphatic carbocycles. The second-order valence-corrected chi connectivity index (χ2v) is 7.01. The van der Waals surface area contributed by atoms with Crippen molar-refractivity contribution in [1.82, 2.24) is 29.4 Å². The van der Waals surface area contributed by atoms with Gasteiger partial charge in [0.25, 0.3) is 0 Å². The molecule has 3 rings (SSSR count). The van der Waals surface area contributed by atoms with Crippen molar-refractivity contribution >= 4 is 32.9 Å². The van der Waals surface area contributed by atoms with E-state index in [0.717, 1.165) is 18.5 Å². The van der Waals surface area contributed by atoms with E-state index < -0.39 is 0 Å². The number of hydrogen-bond donors (Lipinski definition) is 1. The molecule has 26 heavy (non-hydrogen) atoms. The number of nitrogens with two attached hydrogens (primary N) is 1. The van der Waals surface area contributed by atoms with Gasteiger partial charge in [0.05, 0.1) is 13.2 Å². The number of hydrogen-bond acceptors (Lipinski definition) is 7. The highest BCUT2D eigenvalue weighted by molar-refractivity contribution is 9.10. The second kappa shape index (κ2) is 7.96. The molecule has 0 bridgehead atoms. The molecule has 0 aromatic carbocycles. The summed E-state index contributed by atoms with van der Waals surface area (Å²) in [6, 6.07) is 3.87. The Morgan fingerprint density at radius 3 is 2.73 bits per heavy atom. The minimum absolute atomic E-state index is 0.381. The number of ether oxygens (including phenoxy) is 1. The average molecular weight is 420 g/mol. The summed E-state index contributed by atoms with van der Waals surface area (Å²) in [5, 5.41) is 0. The molecule has 0 saturated heterocycles. The van der Waals surface area contributed by atoms with Crippen LogP contribution in [0.25, 0.3) is 11.2 Å². The third-order valence-electron chi connectivity index (χ3n) is 3.82. The first-order valence-electron chi connectivity index (χ1n) is 8.32. The van der Waals surface area contributed by atoms with Crippen molar-refractivity contribution < 1.29 is 4.74 Å². The fourth-order valence-electron chi connectivity index (χ4n) is 2.58. The number of nitrogens with zero attached hydrogens (tertiary/aromatic N) is 6. The summed E-state index contributed by atoms with van der Waals surface area (Å²) in [7, 11) is 4.09. The van der Waals surface area contributed by atoms with Crippen LogP contribution < -0.4 is 10.5 Å². The van der Waals surface area contributed by atoms with Crippen LogP contribution in [0.15, 0.2) is 23.1 Å². The van der Waals surface area contributed by atoms with E-state index in [1.807, 2.05) is 37.7 Å². The number of aryl methyl sites for hydroxylation is 1. The third-order valence-corrected chi connectivity index (χ3v) is 4.43. The number of anilines is 1. The molecule has 0 aliphatic heterocycles. The Morgan fingerprint density at radius 1 is 1.23 bits per heavy atom. The zero-order chi connectivity index (χ0) is 18.7. The van der Waals surface area contributed by atoms with E-state index in [9.17, 15) is 0 Å². The molecule has 9 heteroatoms. The Morgan fingerprint density at radius 2 is 2.04 bits per heavy atom. The van der Waals surface area contributed by atoms with Gasteiger partial charge in [-0.15, -0.1) is 0 Å². The van der Waals surface area contributed by atoms with Crippen molar-refractivity contribution in [3.8, 4) is 5.88 Å². The molecule has 0 atom stereocenters. The van der Waals surface area contributed by atoms with Crippen molar-refractivity contribution in [2.45, 2.75) is 19.9 Å². The molecule has 3 aromatic rings. The van der Waals surface area contributed by atoms with Gasteiger partial charge in [0.15, 0.2) is 21.7 Å². The number of fused-ring (bicyclic) bond motifs is 1. The highest BCUT2D eigenvalue weighted by atomic mass is 79.9. The normalized spacial score (nSPS) is 11.4. The minimum Gasteiger partial charge on any atom is -0.478 e. The van der Waals surface area contributed by atoms with E-state index in [1.165, 1.54) is 0 Å². The number of rotatable bonds is 7. The van der Waals surface area contributed by atoms with E-state index in [1.54, 1.807) is 6.20 Å². The summed E-state index contributed by atoms with van der Waals surface area (Å²) in [5.74, 6) is 1.62. The quantitative estimate of drug-likeness (QED) is 0.463. The first-order chi connectivity index (χ1) is 12.4. The van der Waals surface area contributed by atoms with Crippen LogP contribution in [-0.4, -0.2) is 56.6 Å². The number of nitrogen functional groups attached to an aromatic ring is 1. The van der Waals surface area contributed by atoms with Crippen LogP contribution in [0.1, 0.15) is 17.8 Å². The summed E-state index contributed by atoms with van der Waals surface area (Å²) in [4.78, 5) is 19.5. The van der Waals surface area contributed by atoms with Gasteiger partial charge >= 0.3 is 0 Å². The maximum atomic E-state index is 5.95. The lowest BCUT2D eigenvalue weighted by Gasteiger charge is -2.10. The molecule has 3 heterocycles. The molecule has 0 fully saturated rings. The Labute approximate surface area is 160 Å². The Balaban J connectivity index is 1.71. The number of imidazole rings is 1. The molecule has 2 N–H and O–H groups in total. The van der Waals surface area contributed by atoms with Crippen molar-refractivity contribution in [3.63, 3.8) is 0 Å². The first kappa shape index (κ1) is 18.5. The average Bonchev–Trinajstić information content (AvgIpc) is 2.89. The molecule has 138 valence electrons. The van der Waals surface area contributed by atoms with Gasteiger partial charge < -0.3 is 15.4 Å². The Kier molecular flexibility index (Phi) is 5.67. The van der Waals surface area contributed by atoms with Crippen molar-refractivity contribution in [1.29, 1.82) is 0 Å². The monoisotopic (exact) mass is 419 g/mol. The summed E-state index contributed by atoms with van der Waals surface area (Å²) >= 11 is 3.47. The molecule has 8 nitrogen and oxygen atoms in total. The van der Waals surface area contributed by atoms with Gasteiger partial charge in [-0.3, -0.25) is 4.57 Å². The van der Waals surface area contributed by atoms with Crippen LogP contribution in [0.5, 0.6) is 5.88 Å². The van der Waals surface area contributed by atoms with Crippen LogP contribution in [0.3, 0.4) is 0 Å². The highest BCUT2D eigenvalue weighted by Gasteiger charge is 2.14. The van der Waals surface area contributed by atoms with Crippen LogP contribution in [0.4, 0.5) is 5.82 Å². The molecule has 0 unspecified atom stereocenters. The molecular formula is C17H22BrN7O. The number of pyridine rings is 1. The fraction of sp³-hybridized carbons (Fsp3) is 0.412. The lowest BCUT2D eigenvalue weighted by molar-refractivity contribution is 0.273. The van der Waals surface area contributed by atoms with Gasteiger partial charge in [-0.05, 0) is 48.9 Å². The molecule has 0 spiro atoms. The summed E-state index contributed by atoms with van der Waals surface area (Å²) in [6.07, 6.45) is 2.77. The van der Waals surface area contributed by atoms with Crippen molar-refractivity contribution in [2.75, 3.05) is 33.0 Å². The lowest BCUT2D eigenvalue weighted by atomic mass is 10.3. The van der Waals surface area contributed by atoms with Gasteiger partial charge in [0.2, 0.25) is 5.88 Å². The minimum atomic E-state index is 0.381. The van der Waals surface area contributed by atoms with Crippen LogP contribution in [-0.2, 0) is 6.54 Å². The van der Waals surface area contributed by atoms with E-state index in [0.29, 0.717) is 46.6 Å². The van der Waals surface area contributed by atoms with Gasteiger partial charge in [0.1, 0.15) is 5.82 Å². The van der Waals surface area contributed by atoms with Crippen molar-refractivity contribution in [2.24, 2.45) is 0 Å². The number of halogens is 1. The first-order valence-corrected chi connectivity index (χ1v) is 9.11. The largest absolute Gasteiger partial charge is 0.478 e. The molecule has 0 radical (unpaired) electrons. The standard InChI is InChI=1S/C17H22BrN7O/c1-11-21-15(19)14-16(22-11)25(17(18)23-14)10-12-5-6-13(20-9-12)26-8-4-7-24(2)3/h5-6,9H,4,7-8,10H2,1-3H3,(H2,19,21,22). The topological polar surface area (TPSA) is 95.0 Å². The van der Waals surface area contributed by atoms with Crippen LogP contribution in [0, 0.1) is 6.92 Å². The molecule has 3 aromatic heterocycles. The zero-order valence-corrected chi connectivity index (χ0v) is 16.7. The summed E-state index contributed by atoms with van der Waals surface area (Å²) in [5.41, 5.74) is 8.26. The highest BCUT2D eigenvalue weighted by Crippen LogP contribution is 2.23. The smallest absolute Gasteiger partial charge is 0.213 e. The molecular weight excluding hydrogens is 398 g/mol. The molecule has 0 saturated carbocycles. The van der Waals surface area contributed by atoms with Gasteiger partial charge in [-0.25, -0.2) is 19.9 Å². The SMILES string of the molecule is Cc1nc(N)c2nc(Br)n(Cc3ccc(OCCCN(C)C)nc3)c2n1. The van der Waals surface area contributed by atoms with E-state index >= 15 is 0 Å². The predicted octanol–water partition coefficient (Wildman–Crippen LogP) is 2.25. The van der Waals surface area contributed by atoms with Gasteiger partial charge in [-0.2, -0.15) is 0 Å². The summed E-state index contributed by atoms with van der Waals surface area (Å²) in [6.45, 7) is 4.02. The van der Waals surface area contributed by atoms with E-state index in [-0.39, 0.29) is 0 Å².